The van der Waals surface area contributed by atoms with Gasteiger partial charge < -0.3 is 14.5 Å². The molecular formula is C29H32N4O6. The van der Waals surface area contributed by atoms with Crippen LogP contribution in [0.3, 0.4) is 0 Å². The highest BCUT2D eigenvalue weighted by molar-refractivity contribution is 6.03. The molecule has 2 aromatic carbocycles. The summed E-state index contributed by atoms with van der Waals surface area (Å²) in [5.41, 5.74) is 2.82. The molecule has 0 unspecified atom stereocenters. The number of aryl methyl sites for hydroxylation is 2. The zero-order chi connectivity index (χ0) is 28.7. The number of esters is 1. The van der Waals surface area contributed by atoms with Crippen molar-refractivity contribution in [2.45, 2.75) is 59.6 Å². The SMILES string of the molecule is CCOC(=O)c1cccc([N+](=O)[O-])c1N(Cc1ccc(-c2[nH]c(C)cc2CCC#N)cc1)C(=O)OC(C)(C)C. The first-order valence-electron chi connectivity index (χ1n) is 12.5. The van der Waals surface area contributed by atoms with Crippen LogP contribution in [0.5, 0.6) is 0 Å². The van der Waals surface area contributed by atoms with Crippen LogP contribution in [-0.2, 0) is 22.4 Å². The Labute approximate surface area is 227 Å². The number of aromatic nitrogens is 1. The molecule has 1 amide bonds. The van der Waals surface area contributed by atoms with Gasteiger partial charge in [0, 0.05) is 23.9 Å². The van der Waals surface area contributed by atoms with Crippen molar-refractivity contribution in [2.24, 2.45) is 0 Å². The maximum absolute atomic E-state index is 13.4. The third kappa shape index (κ3) is 7.23. The smallest absolute Gasteiger partial charge is 0.415 e. The molecule has 39 heavy (non-hydrogen) atoms. The second kappa shape index (κ2) is 12.3. The molecule has 10 heteroatoms. The van der Waals surface area contributed by atoms with E-state index in [1.807, 2.05) is 25.1 Å². The quantitative estimate of drug-likeness (QED) is 0.189. The van der Waals surface area contributed by atoms with E-state index in [0.717, 1.165) is 27.4 Å². The van der Waals surface area contributed by atoms with Crippen molar-refractivity contribution in [2.75, 3.05) is 11.5 Å². The second-order valence-electron chi connectivity index (χ2n) is 9.92. The van der Waals surface area contributed by atoms with Crippen molar-refractivity contribution in [1.29, 1.82) is 5.26 Å². The lowest BCUT2D eigenvalue weighted by atomic mass is 10.0. The van der Waals surface area contributed by atoms with E-state index in [1.54, 1.807) is 39.8 Å². The molecule has 3 rings (SSSR count). The Balaban J connectivity index is 2.07. The Kier molecular flexibility index (Phi) is 9.09. The van der Waals surface area contributed by atoms with E-state index in [2.05, 4.69) is 11.1 Å². The van der Waals surface area contributed by atoms with E-state index in [4.69, 9.17) is 14.7 Å². The molecule has 0 aliphatic heterocycles. The molecule has 1 N–H and O–H groups in total. The summed E-state index contributed by atoms with van der Waals surface area (Å²) in [6, 6.07) is 15.5. The summed E-state index contributed by atoms with van der Waals surface area (Å²) in [6.07, 6.45) is 0.162. The summed E-state index contributed by atoms with van der Waals surface area (Å²) >= 11 is 0. The lowest BCUT2D eigenvalue weighted by molar-refractivity contribution is -0.384. The van der Waals surface area contributed by atoms with Crippen molar-refractivity contribution in [1.82, 2.24) is 4.98 Å². The zero-order valence-electron chi connectivity index (χ0n) is 22.7. The Morgan fingerprint density at radius 1 is 1.15 bits per heavy atom. The van der Waals surface area contributed by atoms with Gasteiger partial charge in [0.25, 0.3) is 5.69 Å². The van der Waals surface area contributed by atoms with Gasteiger partial charge in [0.15, 0.2) is 0 Å². The number of nitrogens with zero attached hydrogens (tertiary/aromatic N) is 3. The number of para-hydroxylation sites is 1. The molecule has 0 atom stereocenters. The van der Waals surface area contributed by atoms with Gasteiger partial charge in [-0.1, -0.05) is 30.3 Å². The van der Waals surface area contributed by atoms with Gasteiger partial charge in [-0.3, -0.25) is 15.0 Å². The van der Waals surface area contributed by atoms with E-state index in [-0.39, 0.29) is 24.4 Å². The molecule has 0 radical (unpaired) electrons. The maximum atomic E-state index is 13.4. The van der Waals surface area contributed by atoms with Crippen LogP contribution in [0.25, 0.3) is 11.3 Å². The lowest BCUT2D eigenvalue weighted by Gasteiger charge is -2.28. The van der Waals surface area contributed by atoms with E-state index in [9.17, 15) is 19.7 Å². The number of rotatable bonds is 9. The predicted molar refractivity (Wildman–Crippen MR) is 146 cm³/mol. The first-order valence-corrected chi connectivity index (χ1v) is 12.5. The van der Waals surface area contributed by atoms with Gasteiger partial charge in [-0.05, 0) is 69.9 Å². The zero-order valence-corrected chi connectivity index (χ0v) is 22.7. The molecule has 0 saturated heterocycles. The summed E-state index contributed by atoms with van der Waals surface area (Å²) in [6.45, 7) is 8.59. The number of carbonyl (C=O) groups is 2. The highest BCUT2D eigenvalue weighted by atomic mass is 16.6. The fourth-order valence-electron chi connectivity index (χ4n) is 4.14. The Morgan fingerprint density at radius 3 is 2.44 bits per heavy atom. The maximum Gasteiger partial charge on any atom is 0.415 e. The average Bonchev–Trinajstić information content (AvgIpc) is 3.25. The van der Waals surface area contributed by atoms with E-state index in [0.29, 0.717) is 18.4 Å². The van der Waals surface area contributed by atoms with Crippen LogP contribution < -0.4 is 4.90 Å². The number of nitrogens with one attached hydrogen (secondary N) is 1. The minimum Gasteiger partial charge on any atom is -0.462 e. The van der Waals surface area contributed by atoms with E-state index in [1.165, 1.54) is 18.2 Å². The van der Waals surface area contributed by atoms with Crippen LogP contribution >= 0.6 is 0 Å². The number of benzene rings is 2. The molecule has 0 aliphatic carbocycles. The van der Waals surface area contributed by atoms with Gasteiger partial charge in [-0.2, -0.15) is 5.26 Å². The van der Waals surface area contributed by atoms with Crippen LogP contribution in [0, 0.1) is 28.4 Å². The number of ether oxygens (including phenoxy) is 2. The van der Waals surface area contributed by atoms with Gasteiger partial charge in [-0.15, -0.1) is 0 Å². The van der Waals surface area contributed by atoms with Crippen molar-refractivity contribution in [3.63, 3.8) is 0 Å². The van der Waals surface area contributed by atoms with Crippen LogP contribution in [0.1, 0.15) is 61.3 Å². The van der Waals surface area contributed by atoms with Gasteiger partial charge in [0.05, 0.1) is 29.7 Å². The highest BCUT2D eigenvalue weighted by Crippen LogP contribution is 2.35. The van der Waals surface area contributed by atoms with Gasteiger partial charge in [-0.25, -0.2) is 9.59 Å². The molecule has 10 nitrogen and oxygen atoms in total. The molecule has 204 valence electrons. The third-order valence-electron chi connectivity index (χ3n) is 5.71. The number of nitro groups is 1. The molecule has 0 spiro atoms. The Bertz CT molecular complexity index is 1400. The van der Waals surface area contributed by atoms with Crippen molar-refractivity contribution in [3.8, 4) is 17.3 Å². The monoisotopic (exact) mass is 532 g/mol. The number of nitriles is 1. The molecule has 1 aromatic heterocycles. The molecule has 0 bridgehead atoms. The van der Waals surface area contributed by atoms with Crippen molar-refractivity contribution < 1.29 is 24.0 Å². The molecule has 1 heterocycles. The third-order valence-corrected chi connectivity index (χ3v) is 5.71. The Hall–Kier alpha value is -4.65. The molecule has 0 saturated carbocycles. The van der Waals surface area contributed by atoms with E-state index < -0.39 is 28.3 Å². The normalized spacial score (nSPS) is 11.0. The minimum atomic E-state index is -0.891. The van der Waals surface area contributed by atoms with Gasteiger partial charge in [0.1, 0.15) is 11.3 Å². The number of carbonyl (C=O) groups excluding carboxylic acids is 2. The number of nitro benzene ring substituents is 1. The number of H-pyrrole nitrogens is 1. The fourth-order valence-corrected chi connectivity index (χ4v) is 4.14. The summed E-state index contributed by atoms with van der Waals surface area (Å²) in [7, 11) is 0. The van der Waals surface area contributed by atoms with Crippen LogP contribution in [-0.4, -0.2) is 34.2 Å². The standard InChI is InChI=1S/C29H32N4O6/c1-6-38-27(34)23-10-7-11-24(33(36)37)26(23)32(28(35)39-29(3,4)5)18-20-12-14-21(15-13-20)25-22(9-8-16-30)17-19(2)31-25/h7,10-15,17,31H,6,8-9,18H2,1-5H3. The van der Waals surface area contributed by atoms with Crippen LogP contribution in [0.15, 0.2) is 48.5 Å². The van der Waals surface area contributed by atoms with E-state index >= 15 is 0 Å². The second-order valence-corrected chi connectivity index (χ2v) is 9.92. The lowest BCUT2D eigenvalue weighted by Crippen LogP contribution is -2.37. The van der Waals surface area contributed by atoms with Crippen molar-refractivity contribution in [3.05, 3.63) is 81.0 Å². The first-order chi connectivity index (χ1) is 18.4. The summed E-state index contributed by atoms with van der Waals surface area (Å²) in [5.74, 6) is -0.785. The number of hydrogen-bond donors (Lipinski definition) is 1. The number of anilines is 1. The summed E-state index contributed by atoms with van der Waals surface area (Å²) in [4.78, 5) is 41.9. The molecular weight excluding hydrogens is 500 g/mol. The van der Waals surface area contributed by atoms with Gasteiger partial charge >= 0.3 is 12.1 Å². The van der Waals surface area contributed by atoms with Crippen LogP contribution in [0.2, 0.25) is 0 Å². The van der Waals surface area contributed by atoms with Crippen LogP contribution in [0.4, 0.5) is 16.2 Å². The summed E-state index contributed by atoms with van der Waals surface area (Å²) in [5, 5.41) is 21.0. The largest absolute Gasteiger partial charge is 0.462 e. The van der Waals surface area contributed by atoms with Gasteiger partial charge in [0.2, 0.25) is 0 Å². The molecule has 3 aromatic rings. The Morgan fingerprint density at radius 2 is 1.85 bits per heavy atom. The highest BCUT2D eigenvalue weighted by Gasteiger charge is 2.33. The fraction of sp³-hybridized carbons (Fsp3) is 0.345. The van der Waals surface area contributed by atoms with Crippen molar-refractivity contribution >= 4 is 23.4 Å². The predicted octanol–water partition coefficient (Wildman–Crippen LogP) is 6.47. The average molecular weight is 533 g/mol. The topological polar surface area (TPSA) is 139 Å². The first kappa shape index (κ1) is 28.9. The molecule has 0 aliphatic rings. The number of hydrogen-bond acceptors (Lipinski definition) is 7. The number of aromatic amines is 1. The molecule has 0 fully saturated rings. The minimum absolute atomic E-state index is 0.0590. The number of amides is 1. The summed E-state index contributed by atoms with van der Waals surface area (Å²) < 4.78 is 10.7.